The topological polar surface area (TPSA) is 49.8 Å². The summed E-state index contributed by atoms with van der Waals surface area (Å²) in [7, 11) is 0. The van der Waals surface area contributed by atoms with E-state index in [0.29, 0.717) is 5.92 Å². The van der Waals surface area contributed by atoms with Crippen molar-refractivity contribution in [2.45, 2.75) is 51.5 Å². The molecule has 5 rings (SSSR count). The molecule has 1 amide bonds. The summed E-state index contributed by atoms with van der Waals surface area (Å²) >= 11 is 0. The van der Waals surface area contributed by atoms with Crippen LogP contribution in [0.4, 0.5) is 5.69 Å². The van der Waals surface area contributed by atoms with E-state index in [2.05, 4.69) is 32.9 Å². The summed E-state index contributed by atoms with van der Waals surface area (Å²) in [6, 6.07) is 6.16. The minimum atomic E-state index is -0.555. The molecule has 122 valence electrons. The lowest BCUT2D eigenvalue weighted by Crippen LogP contribution is -2.51. The molecule has 1 aromatic rings. The van der Waals surface area contributed by atoms with Gasteiger partial charge in [0.15, 0.2) is 5.72 Å². The number of ether oxygens (including phenoxy) is 1. The van der Waals surface area contributed by atoms with Crippen molar-refractivity contribution >= 4 is 11.6 Å². The number of hydrogen-bond donors (Lipinski definition) is 1. The fourth-order valence-electron chi connectivity index (χ4n) is 6.22. The number of para-hydroxylation sites is 1. The van der Waals surface area contributed by atoms with Gasteiger partial charge in [0.2, 0.25) is 5.91 Å². The van der Waals surface area contributed by atoms with Gasteiger partial charge >= 0.3 is 0 Å². The highest BCUT2D eigenvalue weighted by atomic mass is 16.6. The molecule has 2 saturated heterocycles. The maximum atomic E-state index is 13.4. The molecule has 4 aliphatic rings. The van der Waals surface area contributed by atoms with Crippen molar-refractivity contribution < 1.29 is 14.6 Å². The van der Waals surface area contributed by atoms with Crippen LogP contribution < -0.4 is 4.90 Å². The van der Waals surface area contributed by atoms with Crippen LogP contribution in [0.3, 0.4) is 0 Å². The summed E-state index contributed by atoms with van der Waals surface area (Å²) in [6.07, 6.45) is 1.19. The fourth-order valence-corrected chi connectivity index (χ4v) is 6.22. The summed E-state index contributed by atoms with van der Waals surface area (Å²) in [6.45, 7) is 6.24. The Morgan fingerprint density at radius 2 is 2.00 bits per heavy atom. The van der Waals surface area contributed by atoms with E-state index in [1.165, 1.54) is 0 Å². The third-order valence-corrected chi connectivity index (χ3v) is 6.97. The first kappa shape index (κ1) is 14.0. The van der Waals surface area contributed by atoms with E-state index in [1.807, 2.05) is 11.0 Å². The zero-order valence-corrected chi connectivity index (χ0v) is 13.8. The number of benzene rings is 1. The molecule has 2 bridgehead atoms. The van der Waals surface area contributed by atoms with E-state index in [0.717, 1.165) is 29.7 Å². The van der Waals surface area contributed by atoms with Crippen molar-refractivity contribution in [1.29, 1.82) is 0 Å². The summed E-state index contributed by atoms with van der Waals surface area (Å²) in [5.74, 6) is 0.785. The summed E-state index contributed by atoms with van der Waals surface area (Å²) in [5, 5.41) is 10.5. The van der Waals surface area contributed by atoms with Crippen molar-refractivity contribution in [3.63, 3.8) is 0 Å². The number of amides is 1. The van der Waals surface area contributed by atoms with Crippen LogP contribution in [-0.4, -0.2) is 28.9 Å². The molecule has 2 aliphatic heterocycles. The van der Waals surface area contributed by atoms with Gasteiger partial charge in [0.05, 0.1) is 23.8 Å². The quantitative estimate of drug-likeness (QED) is 0.912. The van der Waals surface area contributed by atoms with Crippen LogP contribution in [0, 0.1) is 37.5 Å². The monoisotopic (exact) mass is 313 g/mol. The molecule has 0 radical (unpaired) electrons. The Hall–Kier alpha value is -1.39. The van der Waals surface area contributed by atoms with Crippen molar-refractivity contribution in [1.82, 2.24) is 0 Å². The van der Waals surface area contributed by atoms with Gasteiger partial charge in [-0.25, -0.2) is 0 Å². The van der Waals surface area contributed by atoms with Gasteiger partial charge in [-0.3, -0.25) is 9.69 Å². The molecular formula is C19H23NO3. The Bertz CT molecular complexity index is 696. The second kappa shape index (κ2) is 4.17. The average Bonchev–Trinajstić information content (AvgIpc) is 3.17. The van der Waals surface area contributed by atoms with Gasteiger partial charge in [-0.2, -0.15) is 0 Å². The fraction of sp³-hybridized carbons (Fsp3) is 0.632. The van der Waals surface area contributed by atoms with E-state index < -0.39 is 11.8 Å². The van der Waals surface area contributed by atoms with E-state index in [4.69, 9.17) is 4.74 Å². The highest BCUT2D eigenvalue weighted by Gasteiger charge is 2.78. The van der Waals surface area contributed by atoms with Gasteiger partial charge in [-0.05, 0) is 49.7 Å². The first-order chi connectivity index (χ1) is 11.0. The van der Waals surface area contributed by atoms with Gasteiger partial charge in [0.25, 0.3) is 0 Å². The van der Waals surface area contributed by atoms with Crippen LogP contribution in [0.15, 0.2) is 18.2 Å². The van der Waals surface area contributed by atoms with Gasteiger partial charge in [0, 0.05) is 5.92 Å². The van der Waals surface area contributed by atoms with Crippen LogP contribution in [-0.2, 0) is 9.53 Å². The molecule has 4 fully saturated rings. The van der Waals surface area contributed by atoms with E-state index in [1.54, 1.807) is 0 Å². The van der Waals surface area contributed by atoms with Crippen molar-refractivity contribution in [2.24, 2.45) is 23.7 Å². The Labute approximate surface area is 136 Å². The zero-order chi connectivity index (χ0) is 16.1. The maximum absolute atomic E-state index is 13.4. The first-order valence-electron chi connectivity index (χ1n) is 8.77. The number of hydrogen-bond acceptors (Lipinski definition) is 3. The normalized spacial score (nSPS) is 46.3. The molecule has 7 atom stereocenters. The molecule has 0 aromatic heterocycles. The van der Waals surface area contributed by atoms with Crippen LogP contribution in [0.1, 0.15) is 30.9 Å². The number of rotatable bonds is 2. The lowest BCUT2D eigenvalue weighted by Gasteiger charge is -2.39. The van der Waals surface area contributed by atoms with E-state index in [-0.39, 0.29) is 29.8 Å². The van der Waals surface area contributed by atoms with Gasteiger partial charge < -0.3 is 9.84 Å². The van der Waals surface area contributed by atoms with Crippen molar-refractivity contribution in [2.75, 3.05) is 4.90 Å². The van der Waals surface area contributed by atoms with Gasteiger partial charge in [-0.1, -0.05) is 25.1 Å². The third-order valence-electron chi connectivity index (χ3n) is 6.97. The summed E-state index contributed by atoms with van der Waals surface area (Å²) in [5.41, 5.74) is 2.70. The SMILES string of the molecule is CC[C@]12O[C@@H]3[C@H](O)[C@H]4C[C@H]3[C@@H]1[C@H]4C(=O)N2c1c(C)cccc1C. The van der Waals surface area contributed by atoms with Crippen LogP contribution in [0.2, 0.25) is 0 Å². The largest absolute Gasteiger partial charge is 0.390 e. The molecule has 4 heteroatoms. The molecule has 23 heavy (non-hydrogen) atoms. The average molecular weight is 313 g/mol. The Morgan fingerprint density at radius 3 is 2.65 bits per heavy atom. The lowest BCUT2D eigenvalue weighted by molar-refractivity contribution is -0.133. The lowest BCUT2D eigenvalue weighted by atomic mass is 9.76. The first-order valence-corrected chi connectivity index (χ1v) is 8.77. The second-order valence-electron chi connectivity index (χ2n) is 7.80. The third kappa shape index (κ3) is 1.35. The molecule has 0 unspecified atom stereocenters. The Balaban J connectivity index is 1.72. The highest BCUT2D eigenvalue weighted by Crippen LogP contribution is 2.68. The van der Waals surface area contributed by atoms with E-state index >= 15 is 0 Å². The van der Waals surface area contributed by atoms with Crippen LogP contribution in [0.5, 0.6) is 0 Å². The molecular weight excluding hydrogens is 290 g/mol. The van der Waals surface area contributed by atoms with Crippen molar-refractivity contribution in [3.05, 3.63) is 29.3 Å². The molecule has 0 spiro atoms. The number of aryl methyl sites for hydroxylation is 2. The second-order valence-corrected chi connectivity index (χ2v) is 7.80. The number of anilines is 1. The van der Waals surface area contributed by atoms with Crippen LogP contribution in [0.25, 0.3) is 0 Å². The predicted molar refractivity (Wildman–Crippen MR) is 85.9 cm³/mol. The smallest absolute Gasteiger partial charge is 0.233 e. The zero-order valence-electron chi connectivity index (χ0n) is 13.8. The number of nitrogens with zero attached hydrogens (tertiary/aromatic N) is 1. The standard InChI is InChI=1S/C19H23NO3/c1-4-19-14-12-8-11(16(21)17(12)23-19)13(14)18(22)20(19)15-9(2)6-5-7-10(15)3/h5-7,11-14,16-17,21H,4,8H2,1-3H3/t11-,12-,13-,14+,16+,17-,19-/m0/s1. The molecule has 2 saturated carbocycles. The van der Waals surface area contributed by atoms with E-state index in [9.17, 15) is 9.90 Å². The number of aliphatic hydroxyl groups excluding tert-OH is 1. The van der Waals surface area contributed by atoms with Crippen molar-refractivity contribution in [3.8, 4) is 0 Å². The summed E-state index contributed by atoms with van der Waals surface area (Å²) < 4.78 is 6.48. The molecule has 4 nitrogen and oxygen atoms in total. The highest BCUT2D eigenvalue weighted by molar-refractivity contribution is 6.01. The predicted octanol–water partition coefficient (Wildman–Crippen LogP) is 2.40. The number of aliphatic hydroxyl groups is 1. The minimum Gasteiger partial charge on any atom is -0.390 e. The Kier molecular flexibility index (Phi) is 2.54. The molecule has 1 aromatic carbocycles. The Morgan fingerprint density at radius 1 is 1.30 bits per heavy atom. The molecule has 1 N–H and O–H groups in total. The summed E-state index contributed by atoms with van der Waals surface area (Å²) in [4.78, 5) is 15.3. The molecule has 2 heterocycles. The molecule has 2 aliphatic carbocycles. The number of carbonyl (C=O) groups excluding carboxylic acids is 1. The number of carbonyl (C=O) groups is 1. The minimum absolute atomic E-state index is 0.0623. The maximum Gasteiger partial charge on any atom is 0.233 e. The van der Waals surface area contributed by atoms with Gasteiger partial charge in [0.1, 0.15) is 0 Å². The van der Waals surface area contributed by atoms with Crippen LogP contribution >= 0.6 is 0 Å². The van der Waals surface area contributed by atoms with Gasteiger partial charge in [-0.15, -0.1) is 0 Å². The number of fused-ring (bicyclic) bond motifs is 2.